The van der Waals surface area contributed by atoms with Gasteiger partial charge in [-0.05, 0) is 18.2 Å². The van der Waals surface area contributed by atoms with Crippen LogP contribution in [-0.4, -0.2) is 41.2 Å². The molecule has 0 amide bonds. The number of hydrogen-bond donors (Lipinski definition) is 1. The summed E-state index contributed by atoms with van der Waals surface area (Å²) in [5, 5.41) is 3.47. The van der Waals surface area contributed by atoms with Crippen molar-refractivity contribution in [2.24, 2.45) is 4.99 Å². The van der Waals surface area contributed by atoms with Gasteiger partial charge in [0.25, 0.3) is 0 Å². The van der Waals surface area contributed by atoms with Gasteiger partial charge in [-0.15, -0.1) is 0 Å². The molecule has 0 aliphatic carbocycles. The second-order valence-corrected chi connectivity index (χ2v) is 7.14. The highest BCUT2D eigenvalue weighted by molar-refractivity contribution is 5.96. The molecule has 0 unspecified atom stereocenters. The molecule has 2 aliphatic rings. The van der Waals surface area contributed by atoms with Crippen molar-refractivity contribution in [1.29, 1.82) is 0 Å². The summed E-state index contributed by atoms with van der Waals surface area (Å²) >= 11 is 0. The molecule has 0 saturated carbocycles. The predicted octanol–water partition coefficient (Wildman–Crippen LogP) is 3.23. The number of para-hydroxylation sites is 1. The molecule has 0 radical (unpaired) electrons. The lowest BCUT2D eigenvalue weighted by molar-refractivity contribution is 0.354. The predicted molar refractivity (Wildman–Crippen MR) is 112 cm³/mol. The molecule has 0 spiro atoms. The maximum Gasteiger partial charge on any atom is 0.199 e. The average molecular weight is 389 g/mol. The highest BCUT2D eigenvalue weighted by atomic mass is 16.5. The number of imidazole rings is 1. The Morgan fingerprint density at radius 3 is 2.62 bits per heavy atom. The standard InChI is InChI=1S/C22H23N5O2/c1-28-20-10-15-12-23-22(25-17(15)11-21(20)29-2)26-9-8-19-18(13-26)24-14-27(19)16-6-4-3-5-7-16/h3-7,10-11,14H,8-9,12-13H2,1-2H3,(H,23,25). The molecule has 0 bridgehead atoms. The van der Waals surface area contributed by atoms with Gasteiger partial charge in [0, 0.05) is 41.7 Å². The third-order valence-electron chi connectivity index (χ3n) is 5.50. The second kappa shape index (κ2) is 7.16. The summed E-state index contributed by atoms with van der Waals surface area (Å²) in [5.41, 5.74) is 5.63. The minimum atomic E-state index is 0.611. The first kappa shape index (κ1) is 17.6. The van der Waals surface area contributed by atoms with E-state index in [0.717, 1.165) is 53.9 Å². The van der Waals surface area contributed by atoms with Crippen LogP contribution in [0.3, 0.4) is 0 Å². The maximum atomic E-state index is 5.44. The molecule has 2 aliphatic heterocycles. The maximum absolute atomic E-state index is 5.44. The highest BCUT2D eigenvalue weighted by Gasteiger charge is 2.26. The van der Waals surface area contributed by atoms with E-state index in [1.165, 1.54) is 5.69 Å². The van der Waals surface area contributed by atoms with Crippen LogP contribution in [0.4, 0.5) is 5.69 Å². The van der Waals surface area contributed by atoms with Crippen molar-refractivity contribution in [2.45, 2.75) is 19.5 Å². The summed E-state index contributed by atoms with van der Waals surface area (Å²) in [7, 11) is 3.30. The first-order chi connectivity index (χ1) is 14.3. The van der Waals surface area contributed by atoms with Gasteiger partial charge in [0.05, 0.1) is 39.3 Å². The molecule has 7 heteroatoms. The van der Waals surface area contributed by atoms with Gasteiger partial charge in [-0.1, -0.05) is 18.2 Å². The quantitative estimate of drug-likeness (QED) is 0.745. The molecule has 5 rings (SSSR count). The lowest BCUT2D eigenvalue weighted by atomic mass is 10.1. The molecule has 1 N–H and O–H groups in total. The van der Waals surface area contributed by atoms with Crippen molar-refractivity contribution in [3.8, 4) is 17.2 Å². The minimum absolute atomic E-state index is 0.611. The van der Waals surface area contributed by atoms with Crippen LogP contribution >= 0.6 is 0 Å². The lowest BCUT2D eigenvalue weighted by Crippen LogP contribution is -2.41. The monoisotopic (exact) mass is 389 g/mol. The van der Waals surface area contributed by atoms with E-state index in [0.29, 0.717) is 12.3 Å². The Balaban J connectivity index is 1.37. The van der Waals surface area contributed by atoms with Crippen LogP contribution in [-0.2, 0) is 19.5 Å². The van der Waals surface area contributed by atoms with Crippen molar-refractivity contribution in [1.82, 2.24) is 14.5 Å². The smallest absolute Gasteiger partial charge is 0.199 e. The van der Waals surface area contributed by atoms with Crippen LogP contribution in [0.2, 0.25) is 0 Å². The molecule has 3 heterocycles. The number of nitrogens with one attached hydrogen (secondary N) is 1. The van der Waals surface area contributed by atoms with Crippen LogP contribution in [0.25, 0.3) is 5.69 Å². The molecule has 7 nitrogen and oxygen atoms in total. The van der Waals surface area contributed by atoms with Crippen molar-refractivity contribution in [3.05, 3.63) is 65.7 Å². The molecule has 3 aromatic rings. The van der Waals surface area contributed by atoms with Crippen LogP contribution < -0.4 is 14.8 Å². The summed E-state index contributed by atoms with van der Waals surface area (Å²) in [6.07, 6.45) is 2.84. The Bertz CT molecular complexity index is 1070. The summed E-state index contributed by atoms with van der Waals surface area (Å²) in [6, 6.07) is 14.3. The van der Waals surface area contributed by atoms with Crippen molar-refractivity contribution in [2.75, 3.05) is 26.1 Å². The number of anilines is 1. The summed E-state index contributed by atoms with van der Waals surface area (Å²) in [6.45, 7) is 2.24. The van der Waals surface area contributed by atoms with Gasteiger partial charge in [0.2, 0.25) is 0 Å². The fraction of sp³-hybridized carbons (Fsp3) is 0.273. The van der Waals surface area contributed by atoms with E-state index in [-0.39, 0.29) is 0 Å². The van der Waals surface area contributed by atoms with Gasteiger partial charge in [-0.25, -0.2) is 9.98 Å². The Hall–Kier alpha value is -3.48. The Kier molecular flexibility index (Phi) is 4.35. The number of benzene rings is 2. The number of aromatic nitrogens is 2. The van der Waals surface area contributed by atoms with E-state index in [1.54, 1.807) is 14.2 Å². The second-order valence-electron chi connectivity index (χ2n) is 7.14. The van der Waals surface area contributed by atoms with Crippen molar-refractivity contribution < 1.29 is 9.47 Å². The van der Waals surface area contributed by atoms with E-state index < -0.39 is 0 Å². The molecular formula is C22H23N5O2. The van der Waals surface area contributed by atoms with Crippen molar-refractivity contribution >= 4 is 11.6 Å². The fourth-order valence-electron chi connectivity index (χ4n) is 3.97. The normalized spacial score (nSPS) is 15.1. The number of nitrogens with zero attached hydrogens (tertiary/aromatic N) is 4. The average Bonchev–Trinajstić information content (AvgIpc) is 3.21. The highest BCUT2D eigenvalue weighted by Crippen LogP contribution is 2.35. The zero-order valence-electron chi connectivity index (χ0n) is 16.6. The molecule has 0 saturated heterocycles. The Labute approximate surface area is 169 Å². The number of methoxy groups -OCH3 is 2. The number of guanidine groups is 1. The number of fused-ring (bicyclic) bond motifs is 2. The zero-order valence-corrected chi connectivity index (χ0v) is 16.6. The Morgan fingerprint density at radius 1 is 1.03 bits per heavy atom. The van der Waals surface area contributed by atoms with E-state index in [9.17, 15) is 0 Å². The molecule has 0 atom stereocenters. The lowest BCUT2D eigenvalue weighted by Gasteiger charge is -2.32. The Morgan fingerprint density at radius 2 is 1.83 bits per heavy atom. The molecule has 2 aromatic carbocycles. The minimum Gasteiger partial charge on any atom is -0.493 e. The summed E-state index contributed by atoms with van der Waals surface area (Å²) < 4.78 is 13.0. The zero-order chi connectivity index (χ0) is 19.8. The molecular weight excluding hydrogens is 366 g/mol. The number of rotatable bonds is 3. The SMILES string of the molecule is COc1cc2c(cc1OC)NC(N1CCc3c(ncn3-c3ccccc3)C1)=NC2. The number of aliphatic imine (C=N–C) groups is 1. The van der Waals surface area contributed by atoms with E-state index in [1.807, 2.05) is 24.5 Å². The molecule has 0 fully saturated rings. The number of hydrogen-bond acceptors (Lipinski definition) is 6. The van der Waals surface area contributed by atoms with Crippen molar-refractivity contribution in [3.63, 3.8) is 0 Å². The first-order valence-electron chi connectivity index (χ1n) is 9.68. The number of ether oxygens (including phenoxy) is 2. The van der Waals surface area contributed by atoms with Crippen LogP contribution in [0.1, 0.15) is 17.0 Å². The van der Waals surface area contributed by atoms with Crippen LogP contribution in [0, 0.1) is 0 Å². The van der Waals surface area contributed by atoms with Crippen LogP contribution in [0.15, 0.2) is 53.8 Å². The van der Waals surface area contributed by atoms with Gasteiger partial charge in [-0.2, -0.15) is 0 Å². The molecule has 148 valence electrons. The topological polar surface area (TPSA) is 63.9 Å². The van der Waals surface area contributed by atoms with Gasteiger partial charge < -0.3 is 24.3 Å². The van der Waals surface area contributed by atoms with E-state index >= 15 is 0 Å². The van der Waals surface area contributed by atoms with Gasteiger partial charge in [-0.3, -0.25) is 0 Å². The van der Waals surface area contributed by atoms with Crippen LogP contribution in [0.5, 0.6) is 11.5 Å². The summed E-state index contributed by atoms with van der Waals surface area (Å²) in [5.74, 6) is 2.31. The molecule has 1 aromatic heterocycles. The van der Waals surface area contributed by atoms with Gasteiger partial charge in [0.15, 0.2) is 17.5 Å². The molecule has 29 heavy (non-hydrogen) atoms. The third kappa shape index (κ3) is 3.08. The largest absolute Gasteiger partial charge is 0.493 e. The fourth-order valence-corrected chi connectivity index (χ4v) is 3.97. The summed E-state index contributed by atoms with van der Waals surface area (Å²) in [4.78, 5) is 11.7. The van der Waals surface area contributed by atoms with Gasteiger partial charge >= 0.3 is 0 Å². The van der Waals surface area contributed by atoms with Gasteiger partial charge in [0.1, 0.15) is 0 Å². The third-order valence-corrected chi connectivity index (χ3v) is 5.50. The first-order valence-corrected chi connectivity index (χ1v) is 9.68. The van der Waals surface area contributed by atoms with E-state index in [2.05, 4.69) is 44.0 Å². The van der Waals surface area contributed by atoms with E-state index in [4.69, 9.17) is 14.5 Å².